The number of halogens is 1. The maximum atomic E-state index is 13.0. The number of sulfonamides is 1. The molecule has 1 amide bonds. The van der Waals surface area contributed by atoms with Crippen LogP contribution >= 0.6 is 22.9 Å². The van der Waals surface area contributed by atoms with Gasteiger partial charge in [0.1, 0.15) is 17.0 Å². The Labute approximate surface area is 229 Å². The third kappa shape index (κ3) is 5.00. The molecular formula is C28H23ClN4O3S2. The predicted molar refractivity (Wildman–Crippen MR) is 152 cm³/mol. The lowest BCUT2D eigenvalue weighted by Crippen LogP contribution is -2.31. The van der Waals surface area contributed by atoms with E-state index in [1.807, 2.05) is 54.1 Å². The topological polar surface area (TPSA) is 94.0 Å². The van der Waals surface area contributed by atoms with Gasteiger partial charge in [-0.15, -0.1) is 11.3 Å². The van der Waals surface area contributed by atoms with Gasteiger partial charge in [0.15, 0.2) is 5.65 Å². The maximum Gasteiger partial charge on any atom is 0.283 e. The van der Waals surface area contributed by atoms with Gasteiger partial charge in [-0.1, -0.05) is 54.6 Å². The quantitative estimate of drug-likeness (QED) is 0.253. The summed E-state index contributed by atoms with van der Waals surface area (Å²) in [6.07, 6.45) is 1.60. The molecule has 3 aromatic heterocycles. The van der Waals surface area contributed by atoms with Gasteiger partial charge in [0, 0.05) is 9.90 Å². The number of hydrogen-bond acceptors (Lipinski definition) is 6. The van der Waals surface area contributed by atoms with Gasteiger partial charge in [-0.2, -0.15) is 0 Å². The predicted octanol–water partition coefficient (Wildman–Crippen LogP) is 6.24. The monoisotopic (exact) mass is 562 g/mol. The van der Waals surface area contributed by atoms with E-state index in [0.29, 0.717) is 34.1 Å². The zero-order valence-corrected chi connectivity index (χ0v) is 23.0. The van der Waals surface area contributed by atoms with Crippen molar-refractivity contribution in [3.8, 4) is 10.4 Å². The van der Waals surface area contributed by atoms with Gasteiger partial charge in [-0.3, -0.25) is 4.79 Å². The van der Waals surface area contributed by atoms with Crippen molar-refractivity contribution < 1.29 is 13.2 Å². The highest BCUT2D eigenvalue weighted by atomic mass is 35.5. The highest BCUT2D eigenvalue weighted by Gasteiger charge is 2.22. The average Bonchev–Trinajstić information content (AvgIpc) is 3.54. The first-order valence-electron chi connectivity index (χ1n) is 11.6. The SMILES string of the molecule is C=Cc1ccc(S(=O)(=O)NC(=O)c2cc(C)c3nc(C)n(Cc4ccc(-c5cccs5)cc4Cl)c3n2)cc1. The minimum atomic E-state index is -4.09. The fourth-order valence-corrected chi connectivity index (χ4v) is 6.04. The molecule has 3 heterocycles. The molecule has 0 aliphatic heterocycles. The van der Waals surface area contributed by atoms with Crippen molar-refractivity contribution in [2.75, 3.05) is 0 Å². The van der Waals surface area contributed by atoms with Gasteiger partial charge in [-0.25, -0.2) is 23.1 Å². The number of nitrogens with one attached hydrogen (secondary N) is 1. The van der Waals surface area contributed by atoms with Crippen LogP contribution in [0.1, 0.15) is 33.0 Å². The Kier molecular flexibility index (Phi) is 6.92. The number of aromatic nitrogens is 3. The van der Waals surface area contributed by atoms with Gasteiger partial charge in [0.05, 0.1) is 11.4 Å². The number of benzene rings is 2. The van der Waals surface area contributed by atoms with Gasteiger partial charge in [0.25, 0.3) is 15.9 Å². The molecule has 0 atom stereocenters. The Hall–Kier alpha value is -3.79. The molecular weight excluding hydrogens is 540 g/mol. The van der Waals surface area contributed by atoms with E-state index in [2.05, 4.69) is 21.3 Å². The standard InChI is InChI=1S/C28H23ClN4O3S2/c1-4-19-7-11-22(12-8-19)38(35,36)32-28(34)24-14-17(2)26-27(31-24)33(18(3)30-26)16-21-10-9-20(15-23(21)29)25-6-5-13-37-25/h4-15H,1,16H2,2-3H3,(H,32,34). The van der Waals surface area contributed by atoms with E-state index in [1.165, 1.54) is 18.2 Å². The second-order valence-corrected chi connectivity index (χ2v) is 11.8. The summed E-state index contributed by atoms with van der Waals surface area (Å²) in [6, 6.07) is 17.5. The van der Waals surface area contributed by atoms with Crippen LogP contribution in [-0.2, 0) is 16.6 Å². The molecule has 0 bridgehead atoms. The summed E-state index contributed by atoms with van der Waals surface area (Å²) < 4.78 is 29.6. The third-order valence-electron chi connectivity index (χ3n) is 6.16. The van der Waals surface area contributed by atoms with E-state index in [4.69, 9.17) is 11.6 Å². The number of carbonyl (C=O) groups is 1. The Bertz CT molecular complexity index is 1790. The van der Waals surface area contributed by atoms with Crippen LogP contribution in [0.4, 0.5) is 0 Å². The van der Waals surface area contributed by atoms with E-state index in [1.54, 1.807) is 29.5 Å². The van der Waals surface area contributed by atoms with Crippen LogP contribution < -0.4 is 4.72 Å². The van der Waals surface area contributed by atoms with Crippen LogP contribution in [0.3, 0.4) is 0 Å². The summed E-state index contributed by atoms with van der Waals surface area (Å²) in [5.74, 6) is -0.131. The van der Waals surface area contributed by atoms with E-state index in [0.717, 1.165) is 21.6 Å². The Morgan fingerprint density at radius 2 is 1.87 bits per heavy atom. The molecule has 1 N–H and O–H groups in total. The highest BCUT2D eigenvalue weighted by molar-refractivity contribution is 7.90. The van der Waals surface area contributed by atoms with Crippen molar-refractivity contribution >= 4 is 56.1 Å². The highest BCUT2D eigenvalue weighted by Crippen LogP contribution is 2.30. The number of nitrogens with zero attached hydrogens (tertiary/aromatic N) is 3. The average molecular weight is 563 g/mol. The molecule has 0 saturated carbocycles. The summed E-state index contributed by atoms with van der Waals surface area (Å²) >= 11 is 8.29. The van der Waals surface area contributed by atoms with Crippen molar-refractivity contribution in [1.82, 2.24) is 19.3 Å². The lowest BCUT2D eigenvalue weighted by Gasteiger charge is -2.11. The van der Waals surface area contributed by atoms with E-state index in [-0.39, 0.29) is 10.6 Å². The molecule has 38 heavy (non-hydrogen) atoms. The normalized spacial score (nSPS) is 11.6. The number of pyridine rings is 1. The minimum Gasteiger partial charge on any atom is -0.308 e. The lowest BCUT2D eigenvalue weighted by molar-refractivity contribution is 0.0976. The van der Waals surface area contributed by atoms with Gasteiger partial charge in [-0.05, 0) is 71.8 Å². The summed E-state index contributed by atoms with van der Waals surface area (Å²) in [5, 5.41) is 2.63. The molecule has 0 aliphatic rings. The maximum absolute atomic E-state index is 13.0. The number of aryl methyl sites for hydroxylation is 2. The molecule has 7 nitrogen and oxygen atoms in total. The molecule has 0 spiro atoms. The molecule has 0 fully saturated rings. The minimum absolute atomic E-state index is 0.0263. The number of hydrogen-bond donors (Lipinski definition) is 1. The number of imidazole rings is 1. The Morgan fingerprint density at radius 1 is 1.11 bits per heavy atom. The Morgan fingerprint density at radius 3 is 2.53 bits per heavy atom. The van der Waals surface area contributed by atoms with Gasteiger partial charge < -0.3 is 4.57 Å². The molecule has 10 heteroatoms. The second kappa shape index (κ2) is 10.2. The molecule has 5 aromatic rings. The molecule has 0 saturated heterocycles. The number of rotatable bonds is 7. The first-order valence-corrected chi connectivity index (χ1v) is 14.4. The zero-order chi connectivity index (χ0) is 27.0. The number of carbonyl (C=O) groups excluding carboxylic acids is 1. The van der Waals surface area contributed by atoms with Crippen LogP contribution in [0, 0.1) is 13.8 Å². The van der Waals surface area contributed by atoms with Gasteiger partial charge >= 0.3 is 0 Å². The zero-order valence-electron chi connectivity index (χ0n) is 20.6. The number of fused-ring (bicyclic) bond motifs is 1. The van der Waals surface area contributed by atoms with Crippen LogP contribution in [0.25, 0.3) is 27.7 Å². The van der Waals surface area contributed by atoms with Gasteiger partial charge in [0.2, 0.25) is 0 Å². The summed E-state index contributed by atoms with van der Waals surface area (Å²) in [7, 11) is -4.09. The molecule has 2 aromatic carbocycles. The van der Waals surface area contributed by atoms with E-state index >= 15 is 0 Å². The molecule has 0 radical (unpaired) electrons. The van der Waals surface area contributed by atoms with E-state index < -0.39 is 15.9 Å². The number of thiophene rings is 1. The summed E-state index contributed by atoms with van der Waals surface area (Å²) in [4.78, 5) is 23.3. The van der Waals surface area contributed by atoms with Crippen molar-refractivity contribution in [3.63, 3.8) is 0 Å². The Balaban J connectivity index is 1.46. The van der Waals surface area contributed by atoms with Crippen molar-refractivity contribution in [2.45, 2.75) is 25.3 Å². The number of amides is 1. The van der Waals surface area contributed by atoms with E-state index in [9.17, 15) is 13.2 Å². The molecule has 0 aliphatic carbocycles. The third-order valence-corrected chi connectivity index (χ3v) is 8.78. The molecule has 5 rings (SSSR count). The molecule has 192 valence electrons. The lowest BCUT2D eigenvalue weighted by atomic mass is 10.1. The fourth-order valence-electron chi connectivity index (χ4n) is 4.11. The van der Waals surface area contributed by atoms with Crippen LogP contribution in [-0.4, -0.2) is 28.9 Å². The van der Waals surface area contributed by atoms with Crippen LogP contribution in [0.5, 0.6) is 0 Å². The van der Waals surface area contributed by atoms with Crippen LogP contribution in [0.2, 0.25) is 5.02 Å². The van der Waals surface area contributed by atoms with Crippen molar-refractivity contribution in [3.05, 3.63) is 106 Å². The second-order valence-electron chi connectivity index (χ2n) is 8.73. The summed E-state index contributed by atoms with van der Waals surface area (Å²) in [6.45, 7) is 7.70. The van der Waals surface area contributed by atoms with Crippen molar-refractivity contribution in [2.24, 2.45) is 0 Å². The largest absolute Gasteiger partial charge is 0.308 e. The summed E-state index contributed by atoms with van der Waals surface area (Å²) in [5.41, 5.74) is 4.45. The first kappa shape index (κ1) is 25.8. The van der Waals surface area contributed by atoms with Crippen LogP contribution in [0.15, 0.2) is 77.5 Å². The van der Waals surface area contributed by atoms with Crippen molar-refractivity contribution in [1.29, 1.82) is 0 Å². The fraction of sp³-hybridized carbons (Fsp3) is 0.107. The smallest absolute Gasteiger partial charge is 0.283 e. The molecule has 0 unspecified atom stereocenters. The first-order chi connectivity index (χ1) is 18.2.